The van der Waals surface area contributed by atoms with Gasteiger partial charge < -0.3 is 19.2 Å². The predicted octanol–water partition coefficient (Wildman–Crippen LogP) is 0.0212. The second-order valence-corrected chi connectivity index (χ2v) is 5.87. The summed E-state index contributed by atoms with van der Waals surface area (Å²) in [6.45, 7) is 0.779. The smallest absolute Gasteiger partial charge is 0.364 e. The highest BCUT2D eigenvalue weighted by Crippen LogP contribution is 2.16. The molecule has 2 heterocycles. The highest BCUT2D eigenvalue weighted by molar-refractivity contribution is 7.71. The van der Waals surface area contributed by atoms with E-state index in [9.17, 15) is 9.90 Å². The van der Waals surface area contributed by atoms with Crippen LogP contribution in [0.2, 0.25) is 0 Å². The van der Waals surface area contributed by atoms with Crippen molar-refractivity contribution >= 4 is 18.2 Å². The van der Waals surface area contributed by atoms with E-state index in [1.54, 1.807) is 4.68 Å². The number of nitrogens with one attached hydrogen (secondary N) is 1. The summed E-state index contributed by atoms with van der Waals surface area (Å²) in [4.78, 5) is 12.9. The maximum Gasteiger partial charge on any atom is 0.364 e. The monoisotopic (exact) mass is 336 g/mol. The lowest BCUT2D eigenvalue weighted by Gasteiger charge is -2.18. The molecule has 2 aromatic rings. The number of methoxy groups -OCH3 is 1. The topological polar surface area (TPSA) is 81.9 Å². The molecule has 122 valence electrons. The van der Waals surface area contributed by atoms with Crippen LogP contribution in [0.5, 0.6) is 0 Å². The van der Waals surface area contributed by atoms with Crippen LogP contribution >= 0.6 is 12.2 Å². The number of likely N-dealkylation sites (tertiary alicyclic amines) is 1. The summed E-state index contributed by atoms with van der Waals surface area (Å²) in [5.41, 5.74) is 0.832. The summed E-state index contributed by atoms with van der Waals surface area (Å²) < 4.78 is 11.9. The first-order valence-corrected chi connectivity index (χ1v) is 7.73. The molecule has 0 bridgehead atoms. The van der Waals surface area contributed by atoms with Crippen molar-refractivity contribution in [3.05, 3.63) is 35.2 Å². The molecule has 1 aliphatic heterocycles. The molecule has 0 radical (unpaired) electrons. The van der Waals surface area contributed by atoms with E-state index in [1.807, 2.05) is 30.3 Å². The maximum absolute atomic E-state index is 11.8. The first kappa shape index (κ1) is 15.9. The average molecular weight is 336 g/mol. The van der Waals surface area contributed by atoms with Crippen LogP contribution in [0, 0.1) is 4.84 Å². The number of rotatable bonds is 4. The van der Waals surface area contributed by atoms with Gasteiger partial charge in [0, 0.05) is 12.0 Å². The molecular weight excluding hydrogens is 318 g/mol. The summed E-state index contributed by atoms with van der Waals surface area (Å²) in [7, 11) is 1.35. The highest BCUT2D eigenvalue weighted by Gasteiger charge is 2.41. The van der Waals surface area contributed by atoms with Gasteiger partial charge >= 0.3 is 5.97 Å². The number of nitrogens with zero attached hydrogens (tertiary/aromatic N) is 2. The van der Waals surface area contributed by atoms with Crippen molar-refractivity contribution in [2.75, 3.05) is 13.7 Å². The lowest BCUT2D eigenvalue weighted by Crippen LogP contribution is -3.14. The fraction of sp³-hybridized carbons (Fsp3) is 0.400. The van der Waals surface area contributed by atoms with Crippen molar-refractivity contribution in [2.24, 2.45) is 0 Å². The van der Waals surface area contributed by atoms with Crippen LogP contribution in [-0.4, -0.2) is 46.7 Å². The Morgan fingerprint density at radius 1 is 1.52 bits per heavy atom. The van der Waals surface area contributed by atoms with E-state index in [4.69, 9.17) is 21.4 Å². The number of benzene rings is 1. The molecule has 1 unspecified atom stereocenters. The van der Waals surface area contributed by atoms with Gasteiger partial charge in [0.2, 0.25) is 5.89 Å². The molecule has 1 aromatic carbocycles. The lowest BCUT2D eigenvalue weighted by molar-refractivity contribution is -0.928. The molecule has 0 spiro atoms. The molecule has 3 rings (SSSR count). The molecule has 2 N–H and O–H groups in total. The number of aliphatic hydroxyl groups excluding tert-OH is 1. The number of aliphatic hydroxyl groups is 1. The Hall–Kier alpha value is -2.03. The number of ether oxygens (including phenoxy) is 1. The Kier molecular flexibility index (Phi) is 4.56. The first-order chi connectivity index (χ1) is 11.1. The summed E-state index contributed by atoms with van der Waals surface area (Å²) >= 11 is 5.21. The Morgan fingerprint density at radius 3 is 2.96 bits per heavy atom. The Labute approximate surface area is 138 Å². The van der Waals surface area contributed by atoms with Gasteiger partial charge in [-0.2, -0.15) is 4.68 Å². The van der Waals surface area contributed by atoms with Crippen LogP contribution in [0.1, 0.15) is 6.42 Å². The normalized spacial score (nSPS) is 23.8. The second-order valence-electron chi connectivity index (χ2n) is 5.52. The Morgan fingerprint density at radius 2 is 2.26 bits per heavy atom. The lowest BCUT2D eigenvalue weighted by atomic mass is 10.2. The van der Waals surface area contributed by atoms with Gasteiger partial charge in [-0.25, -0.2) is 4.79 Å². The number of esters is 1. The molecule has 3 atom stereocenters. The van der Waals surface area contributed by atoms with E-state index in [1.165, 1.54) is 7.11 Å². The number of quaternary nitrogens is 1. The minimum atomic E-state index is -0.538. The van der Waals surface area contributed by atoms with E-state index in [0.29, 0.717) is 25.5 Å². The van der Waals surface area contributed by atoms with Crippen molar-refractivity contribution in [1.82, 2.24) is 9.78 Å². The Bertz CT molecular complexity index is 743. The minimum Gasteiger partial charge on any atom is -0.465 e. The van der Waals surface area contributed by atoms with E-state index >= 15 is 0 Å². The number of aromatic nitrogens is 2. The largest absolute Gasteiger partial charge is 0.465 e. The molecule has 0 saturated carbocycles. The summed E-state index contributed by atoms with van der Waals surface area (Å²) in [5, 5.41) is 14.2. The average Bonchev–Trinajstić information content (AvgIpc) is 3.11. The van der Waals surface area contributed by atoms with Crippen LogP contribution in [0.3, 0.4) is 0 Å². The first-order valence-electron chi connectivity index (χ1n) is 7.32. The van der Waals surface area contributed by atoms with Gasteiger partial charge in [0.05, 0.1) is 7.11 Å². The molecule has 1 aliphatic rings. The van der Waals surface area contributed by atoms with Crippen molar-refractivity contribution < 1.29 is 24.0 Å². The van der Waals surface area contributed by atoms with Gasteiger partial charge in [-0.05, 0) is 24.4 Å². The standard InChI is InChI=1S/C15H17N3O4S/c1-21-14(20)12-7-11(19)8-17(12)9-18-15(23)22-13(16-18)10-5-3-2-4-6-10/h2-6,11-12,19H,7-9H2,1H3/p+1/t11-,12-/m0/s1. The fourth-order valence-electron chi connectivity index (χ4n) is 2.84. The molecule has 1 fully saturated rings. The third-order valence-corrected chi connectivity index (χ3v) is 4.26. The SMILES string of the molecule is COC(=O)[C@@H]1C[C@H](O)C[NH+]1Cn1nc(-c2ccccc2)oc1=S. The molecule has 23 heavy (non-hydrogen) atoms. The number of hydrogen-bond donors (Lipinski definition) is 2. The number of carbonyl (C=O) groups excluding carboxylic acids is 1. The van der Waals surface area contributed by atoms with E-state index in [2.05, 4.69) is 5.10 Å². The van der Waals surface area contributed by atoms with Crippen LogP contribution in [0.25, 0.3) is 11.5 Å². The molecule has 8 heteroatoms. The van der Waals surface area contributed by atoms with Crippen LogP contribution in [-0.2, 0) is 16.2 Å². The zero-order valence-corrected chi connectivity index (χ0v) is 13.5. The summed E-state index contributed by atoms with van der Waals surface area (Å²) in [6, 6.07) is 9.04. The summed E-state index contributed by atoms with van der Waals surface area (Å²) in [6.07, 6.45) is -0.164. The molecule has 0 amide bonds. The summed E-state index contributed by atoms with van der Waals surface area (Å²) in [5.74, 6) is 0.0965. The zero-order chi connectivity index (χ0) is 16.4. The number of carbonyl (C=O) groups is 1. The molecule has 1 aromatic heterocycles. The molecule has 7 nitrogen and oxygen atoms in total. The van der Waals surface area contributed by atoms with Gasteiger partial charge in [0.25, 0.3) is 4.84 Å². The van der Waals surface area contributed by atoms with Gasteiger partial charge in [-0.3, -0.25) is 0 Å². The molecular formula is C15H18N3O4S+. The van der Waals surface area contributed by atoms with Crippen molar-refractivity contribution in [3.63, 3.8) is 0 Å². The Balaban J connectivity index is 1.82. The minimum absolute atomic E-state index is 0.237. The van der Waals surface area contributed by atoms with E-state index in [0.717, 1.165) is 10.5 Å². The van der Waals surface area contributed by atoms with E-state index < -0.39 is 12.1 Å². The zero-order valence-electron chi connectivity index (χ0n) is 12.6. The van der Waals surface area contributed by atoms with Crippen LogP contribution in [0.4, 0.5) is 0 Å². The van der Waals surface area contributed by atoms with Gasteiger partial charge in [-0.1, -0.05) is 18.2 Å². The quantitative estimate of drug-likeness (QED) is 0.605. The van der Waals surface area contributed by atoms with Crippen molar-refractivity contribution in [2.45, 2.75) is 25.2 Å². The third-order valence-electron chi connectivity index (χ3n) is 3.96. The third kappa shape index (κ3) is 3.34. The van der Waals surface area contributed by atoms with E-state index in [-0.39, 0.29) is 10.8 Å². The van der Waals surface area contributed by atoms with Crippen LogP contribution in [0.15, 0.2) is 34.7 Å². The van der Waals surface area contributed by atoms with Gasteiger partial charge in [0.1, 0.15) is 12.6 Å². The fourth-order valence-corrected chi connectivity index (χ4v) is 3.03. The predicted molar refractivity (Wildman–Crippen MR) is 83.0 cm³/mol. The van der Waals surface area contributed by atoms with Gasteiger partial charge in [-0.15, -0.1) is 5.10 Å². The highest BCUT2D eigenvalue weighted by atomic mass is 32.1. The maximum atomic E-state index is 11.8. The van der Waals surface area contributed by atoms with Gasteiger partial charge in [0.15, 0.2) is 12.7 Å². The number of hydrogen-bond acceptors (Lipinski definition) is 6. The molecule has 0 aliphatic carbocycles. The van der Waals surface area contributed by atoms with Crippen molar-refractivity contribution in [3.8, 4) is 11.5 Å². The molecule has 1 saturated heterocycles. The second kappa shape index (κ2) is 6.61. The van der Waals surface area contributed by atoms with Crippen LogP contribution < -0.4 is 4.90 Å². The van der Waals surface area contributed by atoms with Crippen molar-refractivity contribution in [1.29, 1.82) is 0 Å².